The van der Waals surface area contributed by atoms with Crippen molar-refractivity contribution in [3.05, 3.63) is 39.9 Å². The largest absolute Gasteiger partial charge is 0.466 e. The van der Waals surface area contributed by atoms with Crippen molar-refractivity contribution in [2.45, 2.75) is 45.7 Å². The minimum absolute atomic E-state index is 0.0251. The van der Waals surface area contributed by atoms with E-state index in [4.69, 9.17) is 4.74 Å². The molecule has 0 fully saturated rings. The number of hydrogen-bond donors (Lipinski definition) is 1. The standard InChI is InChI=1S/C16H22N2O5/c1-4-11(3)17-14(10-15(19)23-5-2)16(20)12-7-6-8-13(9-12)18(21)22/h6-9,11,14,17H,4-5,10H2,1-3H3. The van der Waals surface area contributed by atoms with Gasteiger partial charge in [-0.05, 0) is 20.3 Å². The summed E-state index contributed by atoms with van der Waals surface area (Å²) in [6, 6.07) is 4.75. The highest BCUT2D eigenvalue weighted by atomic mass is 16.6. The summed E-state index contributed by atoms with van der Waals surface area (Å²) < 4.78 is 4.90. The summed E-state index contributed by atoms with van der Waals surface area (Å²) in [5.74, 6) is -0.839. The quantitative estimate of drug-likeness (QED) is 0.324. The minimum atomic E-state index is -0.772. The van der Waals surface area contributed by atoms with Crippen LogP contribution in [0.15, 0.2) is 24.3 Å². The Morgan fingerprint density at radius 3 is 2.61 bits per heavy atom. The fourth-order valence-corrected chi connectivity index (χ4v) is 2.05. The first kappa shape index (κ1) is 18.8. The van der Waals surface area contributed by atoms with Crippen LogP contribution in [0.1, 0.15) is 44.0 Å². The van der Waals surface area contributed by atoms with E-state index in [2.05, 4.69) is 5.32 Å². The topological polar surface area (TPSA) is 98.5 Å². The molecule has 126 valence electrons. The smallest absolute Gasteiger partial charge is 0.307 e. The van der Waals surface area contributed by atoms with Crippen LogP contribution < -0.4 is 5.32 Å². The molecule has 0 spiro atoms. The van der Waals surface area contributed by atoms with Gasteiger partial charge in [0, 0.05) is 23.7 Å². The normalized spacial score (nSPS) is 13.2. The van der Waals surface area contributed by atoms with Gasteiger partial charge in [-0.15, -0.1) is 0 Å². The maximum atomic E-state index is 12.6. The third kappa shape index (κ3) is 5.78. The molecule has 1 N–H and O–H groups in total. The van der Waals surface area contributed by atoms with Crippen LogP contribution in [0.5, 0.6) is 0 Å². The number of non-ortho nitro benzene ring substituents is 1. The number of nitrogens with zero attached hydrogens (tertiary/aromatic N) is 1. The first-order valence-electron chi connectivity index (χ1n) is 7.59. The lowest BCUT2D eigenvalue weighted by atomic mass is 10.00. The van der Waals surface area contributed by atoms with Crippen LogP contribution in [-0.4, -0.2) is 35.4 Å². The average molecular weight is 322 g/mol. The fraction of sp³-hybridized carbons (Fsp3) is 0.500. The Morgan fingerprint density at radius 2 is 2.04 bits per heavy atom. The molecule has 23 heavy (non-hydrogen) atoms. The lowest BCUT2D eigenvalue weighted by molar-refractivity contribution is -0.384. The lowest BCUT2D eigenvalue weighted by Gasteiger charge is -2.21. The van der Waals surface area contributed by atoms with Crippen molar-refractivity contribution in [1.82, 2.24) is 5.32 Å². The van der Waals surface area contributed by atoms with Gasteiger partial charge in [0.1, 0.15) is 0 Å². The van der Waals surface area contributed by atoms with E-state index in [0.717, 1.165) is 6.42 Å². The molecule has 7 heteroatoms. The molecule has 0 amide bonds. The summed E-state index contributed by atoms with van der Waals surface area (Å²) in [5.41, 5.74) is 0.0403. The van der Waals surface area contributed by atoms with E-state index in [1.165, 1.54) is 24.3 Å². The molecule has 0 heterocycles. The van der Waals surface area contributed by atoms with Gasteiger partial charge >= 0.3 is 5.97 Å². The van der Waals surface area contributed by atoms with Gasteiger partial charge in [0.2, 0.25) is 0 Å². The molecule has 1 rings (SSSR count). The molecule has 0 aliphatic rings. The van der Waals surface area contributed by atoms with E-state index in [1.807, 2.05) is 13.8 Å². The molecule has 0 saturated carbocycles. The third-order valence-corrected chi connectivity index (χ3v) is 3.43. The fourth-order valence-electron chi connectivity index (χ4n) is 2.05. The van der Waals surface area contributed by atoms with Crippen LogP contribution in [0.4, 0.5) is 5.69 Å². The number of nitrogens with one attached hydrogen (secondary N) is 1. The van der Waals surface area contributed by atoms with Crippen LogP contribution in [-0.2, 0) is 9.53 Å². The van der Waals surface area contributed by atoms with Crippen molar-refractivity contribution in [2.24, 2.45) is 0 Å². The lowest BCUT2D eigenvalue weighted by Crippen LogP contribution is -2.43. The zero-order valence-corrected chi connectivity index (χ0v) is 13.6. The SMILES string of the molecule is CCOC(=O)CC(NC(C)CC)C(=O)c1cccc([N+](=O)[O-])c1. The van der Waals surface area contributed by atoms with Gasteiger partial charge in [-0.25, -0.2) is 0 Å². The van der Waals surface area contributed by atoms with Crippen LogP contribution in [0, 0.1) is 10.1 Å². The summed E-state index contributed by atoms with van der Waals surface area (Å²) in [4.78, 5) is 34.6. The summed E-state index contributed by atoms with van der Waals surface area (Å²) in [6.07, 6.45) is 0.668. The number of ketones is 1. The maximum Gasteiger partial charge on any atom is 0.307 e. The summed E-state index contributed by atoms with van der Waals surface area (Å²) in [7, 11) is 0. The van der Waals surface area contributed by atoms with Crippen molar-refractivity contribution in [3.63, 3.8) is 0 Å². The number of esters is 1. The number of carbonyl (C=O) groups excluding carboxylic acids is 2. The molecule has 1 aromatic carbocycles. The van der Waals surface area contributed by atoms with Gasteiger partial charge in [-0.1, -0.05) is 19.1 Å². The van der Waals surface area contributed by atoms with Gasteiger partial charge in [-0.2, -0.15) is 0 Å². The average Bonchev–Trinajstić information content (AvgIpc) is 2.53. The first-order valence-corrected chi connectivity index (χ1v) is 7.59. The number of rotatable bonds is 9. The third-order valence-electron chi connectivity index (χ3n) is 3.43. The van der Waals surface area contributed by atoms with Gasteiger partial charge in [0.05, 0.1) is 24.0 Å². The van der Waals surface area contributed by atoms with E-state index < -0.39 is 16.9 Å². The van der Waals surface area contributed by atoms with E-state index >= 15 is 0 Å². The number of nitro groups is 1. The zero-order chi connectivity index (χ0) is 17.4. The van der Waals surface area contributed by atoms with Crippen LogP contribution in [0.25, 0.3) is 0 Å². The molecule has 0 saturated heterocycles. The van der Waals surface area contributed by atoms with Crippen molar-refractivity contribution < 1.29 is 19.2 Å². The molecule has 1 aromatic rings. The first-order chi connectivity index (χ1) is 10.9. The van der Waals surface area contributed by atoms with Gasteiger partial charge in [0.25, 0.3) is 5.69 Å². The molecule has 2 atom stereocenters. The highest BCUT2D eigenvalue weighted by Gasteiger charge is 2.25. The molecular formula is C16H22N2O5. The van der Waals surface area contributed by atoms with E-state index in [-0.39, 0.29) is 36.1 Å². The molecule has 7 nitrogen and oxygen atoms in total. The molecule has 0 aliphatic carbocycles. The molecule has 0 aliphatic heterocycles. The molecule has 0 radical (unpaired) electrons. The molecule has 0 aromatic heterocycles. The van der Waals surface area contributed by atoms with Crippen LogP contribution >= 0.6 is 0 Å². The summed E-state index contributed by atoms with van der Waals surface area (Å²) >= 11 is 0. The monoisotopic (exact) mass is 322 g/mol. The molecule has 0 bridgehead atoms. The van der Waals surface area contributed by atoms with Crippen molar-refractivity contribution in [1.29, 1.82) is 0 Å². The van der Waals surface area contributed by atoms with Gasteiger partial charge in [0.15, 0.2) is 5.78 Å². The van der Waals surface area contributed by atoms with Gasteiger partial charge < -0.3 is 10.1 Å². The molecular weight excluding hydrogens is 300 g/mol. The Kier molecular flexibility index (Phi) is 7.34. The number of carbonyl (C=O) groups is 2. The Balaban J connectivity index is 2.99. The van der Waals surface area contributed by atoms with Crippen LogP contribution in [0.3, 0.4) is 0 Å². The highest BCUT2D eigenvalue weighted by molar-refractivity contribution is 6.02. The highest BCUT2D eigenvalue weighted by Crippen LogP contribution is 2.16. The van der Waals surface area contributed by atoms with Crippen LogP contribution in [0.2, 0.25) is 0 Å². The Labute approximate surface area is 135 Å². The summed E-state index contributed by atoms with van der Waals surface area (Å²) in [5, 5.41) is 13.9. The number of nitro benzene ring substituents is 1. The Bertz CT molecular complexity index is 573. The second-order valence-electron chi connectivity index (χ2n) is 5.21. The van der Waals surface area contributed by atoms with Crippen molar-refractivity contribution in [3.8, 4) is 0 Å². The summed E-state index contributed by atoms with van der Waals surface area (Å²) in [6.45, 7) is 5.78. The number of ether oxygens (including phenoxy) is 1. The van der Waals surface area contributed by atoms with E-state index in [9.17, 15) is 19.7 Å². The maximum absolute atomic E-state index is 12.6. The predicted octanol–water partition coefficient (Wildman–Crippen LogP) is 2.49. The van der Waals surface area contributed by atoms with E-state index in [0.29, 0.717) is 0 Å². The number of Topliss-reactive ketones (excluding diaryl/α,β-unsaturated/α-hetero) is 1. The van der Waals surface area contributed by atoms with Crippen molar-refractivity contribution >= 4 is 17.4 Å². The Morgan fingerprint density at radius 1 is 1.35 bits per heavy atom. The van der Waals surface area contributed by atoms with E-state index in [1.54, 1.807) is 6.92 Å². The second kappa shape index (κ2) is 8.99. The zero-order valence-electron chi connectivity index (χ0n) is 13.6. The van der Waals surface area contributed by atoms with Crippen molar-refractivity contribution in [2.75, 3.05) is 6.61 Å². The number of benzene rings is 1. The van der Waals surface area contributed by atoms with Gasteiger partial charge in [-0.3, -0.25) is 19.7 Å². The number of hydrogen-bond acceptors (Lipinski definition) is 6. The second-order valence-corrected chi connectivity index (χ2v) is 5.21. The Hall–Kier alpha value is -2.28. The minimum Gasteiger partial charge on any atom is -0.466 e. The predicted molar refractivity (Wildman–Crippen MR) is 85.4 cm³/mol. The molecule has 2 unspecified atom stereocenters.